The molecule has 3 nitrogen and oxygen atoms in total. The van der Waals surface area contributed by atoms with Crippen molar-refractivity contribution in [3.8, 4) is 0 Å². The Hall–Kier alpha value is -2.20. The van der Waals surface area contributed by atoms with Gasteiger partial charge < -0.3 is 5.73 Å². The second-order valence-electron chi connectivity index (χ2n) is 5.04. The van der Waals surface area contributed by atoms with Gasteiger partial charge in [0.1, 0.15) is 4.99 Å². The lowest BCUT2D eigenvalue weighted by Gasteiger charge is -2.19. The van der Waals surface area contributed by atoms with Crippen molar-refractivity contribution in [2.24, 2.45) is 0 Å². The molecule has 2 aromatic carbocycles. The molecule has 100 valence electrons. The summed E-state index contributed by atoms with van der Waals surface area (Å²) in [7, 11) is 0. The first-order chi connectivity index (χ1) is 9.49. The number of rotatable bonds is 1. The molecule has 3 rings (SSSR count). The molecule has 1 heterocycles. The molecule has 0 saturated heterocycles. The van der Waals surface area contributed by atoms with E-state index in [9.17, 15) is 4.79 Å². The Balaban J connectivity index is 2.16. The number of benzene rings is 2. The first kappa shape index (κ1) is 12.8. The minimum Gasteiger partial charge on any atom is -0.399 e. The Labute approximate surface area is 123 Å². The average molecular weight is 282 g/mol. The van der Waals surface area contributed by atoms with Gasteiger partial charge in [-0.25, -0.2) is 0 Å². The van der Waals surface area contributed by atoms with Gasteiger partial charge in [0.25, 0.3) is 5.91 Å². The summed E-state index contributed by atoms with van der Waals surface area (Å²) >= 11 is 5.46. The Morgan fingerprint density at radius 2 is 1.80 bits per heavy atom. The van der Waals surface area contributed by atoms with Crippen LogP contribution in [-0.2, 0) is 0 Å². The molecule has 0 aliphatic carbocycles. The number of anilines is 2. The van der Waals surface area contributed by atoms with Crippen LogP contribution in [0.3, 0.4) is 0 Å². The summed E-state index contributed by atoms with van der Waals surface area (Å²) in [6.45, 7) is 3.91. The highest BCUT2D eigenvalue weighted by Crippen LogP contribution is 2.32. The van der Waals surface area contributed by atoms with Crippen LogP contribution in [0.2, 0.25) is 0 Å². The van der Waals surface area contributed by atoms with E-state index < -0.39 is 0 Å². The van der Waals surface area contributed by atoms with Crippen LogP contribution in [0.4, 0.5) is 11.4 Å². The second-order valence-corrected chi connectivity index (χ2v) is 5.43. The summed E-state index contributed by atoms with van der Waals surface area (Å²) < 4.78 is 0. The van der Waals surface area contributed by atoms with Crippen molar-refractivity contribution in [2.75, 3.05) is 10.6 Å². The number of carbonyl (C=O) groups excluding carboxylic acids is 1. The predicted molar refractivity (Wildman–Crippen MR) is 85.3 cm³/mol. The van der Waals surface area contributed by atoms with Crippen molar-refractivity contribution in [3.63, 3.8) is 0 Å². The van der Waals surface area contributed by atoms with Gasteiger partial charge in [-0.15, -0.1) is 0 Å². The van der Waals surface area contributed by atoms with Gasteiger partial charge in [-0.05, 0) is 37.6 Å². The summed E-state index contributed by atoms with van der Waals surface area (Å²) in [6, 6.07) is 11.3. The molecular formula is C16H14N2OS. The molecule has 1 aliphatic rings. The molecule has 0 aromatic heterocycles. The number of hydrogen-bond acceptors (Lipinski definition) is 3. The SMILES string of the molecule is Cc1ccc2c(c1)C(=O)N(c1cc(N)ccc1C)C2=S. The maximum Gasteiger partial charge on any atom is 0.264 e. The summed E-state index contributed by atoms with van der Waals surface area (Å²) in [5.74, 6) is -0.0811. The van der Waals surface area contributed by atoms with Gasteiger partial charge >= 0.3 is 0 Å². The Morgan fingerprint density at radius 1 is 1.05 bits per heavy atom. The summed E-state index contributed by atoms with van der Waals surface area (Å²) in [5.41, 5.74) is 10.7. The summed E-state index contributed by atoms with van der Waals surface area (Å²) in [6.07, 6.45) is 0. The number of nitrogen functional groups attached to an aromatic ring is 1. The third-order valence-electron chi connectivity index (χ3n) is 3.52. The number of nitrogens with two attached hydrogens (primary N) is 1. The minimum absolute atomic E-state index is 0.0811. The molecule has 0 saturated carbocycles. The maximum atomic E-state index is 12.6. The number of fused-ring (bicyclic) bond motifs is 1. The van der Waals surface area contributed by atoms with Gasteiger partial charge in [0.05, 0.1) is 11.3 Å². The molecule has 0 unspecified atom stereocenters. The number of thiocarbonyl (C=S) groups is 1. The quantitative estimate of drug-likeness (QED) is 0.645. The Kier molecular flexibility index (Phi) is 2.83. The fourth-order valence-electron chi connectivity index (χ4n) is 2.44. The highest BCUT2D eigenvalue weighted by Gasteiger charge is 2.34. The molecule has 2 aromatic rings. The van der Waals surface area contributed by atoms with Crippen molar-refractivity contribution < 1.29 is 4.79 Å². The number of hydrogen-bond donors (Lipinski definition) is 1. The highest BCUT2D eigenvalue weighted by molar-refractivity contribution is 7.81. The third-order valence-corrected chi connectivity index (χ3v) is 3.92. The molecule has 0 fully saturated rings. The number of nitrogens with zero attached hydrogens (tertiary/aromatic N) is 1. The van der Waals surface area contributed by atoms with Crippen molar-refractivity contribution >= 4 is 34.5 Å². The highest BCUT2D eigenvalue weighted by atomic mass is 32.1. The topological polar surface area (TPSA) is 46.3 Å². The first-order valence-electron chi connectivity index (χ1n) is 6.34. The van der Waals surface area contributed by atoms with E-state index in [1.807, 2.05) is 44.2 Å². The molecule has 4 heteroatoms. The van der Waals surface area contributed by atoms with Gasteiger partial charge in [0.2, 0.25) is 0 Å². The van der Waals surface area contributed by atoms with Gasteiger partial charge in [0.15, 0.2) is 0 Å². The molecular weight excluding hydrogens is 268 g/mol. The second kappa shape index (κ2) is 4.42. The predicted octanol–water partition coefficient (Wildman–Crippen LogP) is 3.22. The zero-order valence-electron chi connectivity index (χ0n) is 11.3. The van der Waals surface area contributed by atoms with Crippen LogP contribution in [0.5, 0.6) is 0 Å². The zero-order chi connectivity index (χ0) is 14.4. The number of carbonyl (C=O) groups is 1. The summed E-state index contributed by atoms with van der Waals surface area (Å²) in [5, 5.41) is 0. The van der Waals surface area contributed by atoms with Crippen molar-refractivity contribution in [2.45, 2.75) is 13.8 Å². The lowest BCUT2D eigenvalue weighted by molar-refractivity contribution is 0.101. The molecule has 0 bridgehead atoms. The van der Waals surface area contributed by atoms with E-state index in [1.165, 1.54) is 0 Å². The van der Waals surface area contributed by atoms with Crippen LogP contribution >= 0.6 is 12.2 Å². The van der Waals surface area contributed by atoms with Gasteiger partial charge in [-0.2, -0.15) is 0 Å². The zero-order valence-corrected chi connectivity index (χ0v) is 12.1. The largest absolute Gasteiger partial charge is 0.399 e. The van der Waals surface area contributed by atoms with E-state index in [-0.39, 0.29) is 5.91 Å². The molecule has 1 amide bonds. The molecule has 20 heavy (non-hydrogen) atoms. The third kappa shape index (κ3) is 1.80. The van der Waals surface area contributed by atoms with Crippen LogP contribution < -0.4 is 10.6 Å². The fraction of sp³-hybridized carbons (Fsp3) is 0.125. The fourth-order valence-corrected chi connectivity index (χ4v) is 2.80. The molecule has 0 spiro atoms. The first-order valence-corrected chi connectivity index (χ1v) is 6.75. The van der Waals surface area contributed by atoms with Crippen LogP contribution in [0, 0.1) is 13.8 Å². The van der Waals surface area contributed by atoms with E-state index in [0.29, 0.717) is 16.2 Å². The van der Waals surface area contributed by atoms with Crippen molar-refractivity contribution in [3.05, 3.63) is 58.7 Å². The lowest BCUT2D eigenvalue weighted by Crippen LogP contribution is -2.29. The minimum atomic E-state index is -0.0811. The van der Waals surface area contributed by atoms with Gasteiger partial charge in [-0.3, -0.25) is 9.69 Å². The maximum absolute atomic E-state index is 12.6. The van der Waals surface area contributed by atoms with Crippen molar-refractivity contribution in [1.29, 1.82) is 0 Å². The monoisotopic (exact) mass is 282 g/mol. The normalized spacial score (nSPS) is 13.8. The smallest absolute Gasteiger partial charge is 0.264 e. The molecule has 2 N–H and O–H groups in total. The molecule has 0 radical (unpaired) electrons. The van der Waals surface area contributed by atoms with Crippen LogP contribution in [0.25, 0.3) is 0 Å². The van der Waals surface area contributed by atoms with E-state index in [0.717, 1.165) is 22.4 Å². The van der Waals surface area contributed by atoms with Crippen LogP contribution in [0.15, 0.2) is 36.4 Å². The Bertz CT molecular complexity index is 752. The van der Waals surface area contributed by atoms with Crippen LogP contribution in [-0.4, -0.2) is 10.9 Å². The van der Waals surface area contributed by atoms with Crippen molar-refractivity contribution in [1.82, 2.24) is 0 Å². The standard InChI is InChI=1S/C16H14N2OS/c1-9-3-6-12-13(7-9)15(19)18(16(12)20)14-8-11(17)5-4-10(14)2/h3-8H,17H2,1-2H3. The van der Waals surface area contributed by atoms with Gasteiger partial charge in [-0.1, -0.05) is 36.0 Å². The van der Waals surface area contributed by atoms with E-state index >= 15 is 0 Å². The van der Waals surface area contributed by atoms with Crippen LogP contribution in [0.1, 0.15) is 27.0 Å². The Morgan fingerprint density at radius 3 is 2.55 bits per heavy atom. The lowest BCUT2D eigenvalue weighted by atomic mass is 10.1. The summed E-state index contributed by atoms with van der Waals surface area (Å²) in [4.78, 5) is 14.7. The van der Waals surface area contributed by atoms with E-state index in [2.05, 4.69) is 0 Å². The number of amides is 1. The average Bonchev–Trinajstić information content (AvgIpc) is 2.65. The van der Waals surface area contributed by atoms with E-state index in [1.54, 1.807) is 11.0 Å². The van der Waals surface area contributed by atoms with Gasteiger partial charge in [0, 0.05) is 11.3 Å². The number of aryl methyl sites for hydroxylation is 2. The molecule has 1 aliphatic heterocycles. The molecule has 0 atom stereocenters. The van der Waals surface area contributed by atoms with E-state index in [4.69, 9.17) is 18.0 Å².